The minimum Gasteiger partial charge on any atom is -0.338 e. The number of nitrogens with one attached hydrogen (secondary N) is 2. The summed E-state index contributed by atoms with van der Waals surface area (Å²) in [4.78, 5) is 11.7. The lowest BCUT2D eigenvalue weighted by Gasteiger charge is -2.10. The summed E-state index contributed by atoms with van der Waals surface area (Å²) in [6, 6.07) is 6.23. The fourth-order valence-electron chi connectivity index (χ4n) is 2.74. The average molecular weight is 290 g/mol. The predicted octanol–water partition coefficient (Wildman–Crippen LogP) is 3.76. The highest BCUT2D eigenvalue weighted by Crippen LogP contribution is 2.30. The molecule has 21 heavy (non-hydrogen) atoms. The fourth-order valence-corrected chi connectivity index (χ4v) is 2.74. The molecule has 1 fully saturated rings. The van der Waals surface area contributed by atoms with Gasteiger partial charge in [0.2, 0.25) is 0 Å². The summed E-state index contributed by atoms with van der Waals surface area (Å²) in [6.07, 6.45) is 7.46. The van der Waals surface area contributed by atoms with Gasteiger partial charge in [-0.25, -0.2) is 9.18 Å². The van der Waals surface area contributed by atoms with Crippen molar-refractivity contribution in [2.24, 2.45) is 5.92 Å². The molecule has 2 N–H and O–H groups in total. The molecule has 3 nitrogen and oxygen atoms in total. The Balaban J connectivity index is 1.68. The predicted molar refractivity (Wildman–Crippen MR) is 82.4 cm³/mol. The number of hydrogen-bond acceptors (Lipinski definition) is 1. The highest BCUT2D eigenvalue weighted by atomic mass is 19.1. The molecule has 0 bridgehead atoms. The van der Waals surface area contributed by atoms with Gasteiger partial charge in [0.1, 0.15) is 5.82 Å². The van der Waals surface area contributed by atoms with E-state index in [1.807, 2.05) is 12.3 Å². The number of carbonyl (C=O) groups excluding carboxylic acids is 1. The minimum atomic E-state index is -0.243. The molecule has 0 aromatic heterocycles. The van der Waals surface area contributed by atoms with Gasteiger partial charge in [-0.3, -0.25) is 0 Å². The molecule has 4 heteroatoms. The molecule has 0 heterocycles. The summed E-state index contributed by atoms with van der Waals surface area (Å²) in [6.45, 7) is 2.56. The van der Waals surface area contributed by atoms with E-state index in [1.165, 1.54) is 43.4 Å². The van der Waals surface area contributed by atoms with Crippen molar-refractivity contribution >= 4 is 6.03 Å². The lowest BCUT2D eigenvalue weighted by atomic mass is 10.0. The van der Waals surface area contributed by atoms with Crippen molar-refractivity contribution < 1.29 is 9.18 Å². The molecular formula is C17H23FN2O. The first-order valence-corrected chi connectivity index (χ1v) is 7.60. The Morgan fingerprint density at radius 1 is 1.38 bits per heavy atom. The summed E-state index contributed by atoms with van der Waals surface area (Å²) in [5.74, 6) is 0.379. The Labute approximate surface area is 125 Å². The van der Waals surface area contributed by atoms with Crippen molar-refractivity contribution in [3.8, 4) is 0 Å². The quantitative estimate of drug-likeness (QED) is 0.851. The zero-order valence-corrected chi connectivity index (χ0v) is 12.5. The Bertz CT molecular complexity index is 507. The van der Waals surface area contributed by atoms with E-state index in [1.54, 1.807) is 6.07 Å². The third-order valence-electron chi connectivity index (χ3n) is 4.02. The van der Waals surface area contributed by atoms with E-state index in [4.69, 9.17) is 0 Å². The van der Waals surface area contributed by atoms with Gasteiger partial charge in [-0.2, -0.15) is 0 Å². The van der Waals surface area contributed by atoms with Gasteiger partial charge >= 0.3 is 6.03 Å². The Morgan fingerprint density at radius 3 is 2.86 bits per heavy atom. The van der Waals surface area contributed by atoms with Crippen LogP contribution in [0.3, 0.4) is 0 Å². The van der Waals surface area contributed by atoms with Gasteiger partial charge in [0, 0.05) is 12.7 Å². The molecule has 0 radical (unpaired) electrons. The maximum absolute atomic E-state index is 13.0. The third kappa shape index (κ3) is 5.21. The van der Waals surface area contributed by atoms with Crippen molar-refractivity contribution in [3.63, 3.8) is 0 Å². The van der Waals surface area contributed by atoms with Crippen molar-refractivity contribution in [3.05, 3.63) is 47.4 Å². The molecule has 0 spiro atoms. The maximum Gasteiger partial charge on any atom is 0.318 e. The molecule has 0 atom stereocenters. The van der Waals surface area contributed by atoms with Crippen LogP contribution in [0.1, 0.15) is 38.2 Å². The maximum atomic E-state index is 13.0. The van der Waals surface area contributed by atoms with Crippen molar-refractivity contribution in [1.29, 1.82) is 0 Å². The number of urea groups is 1. The average Bonchev–Trinajstić information content (AvgIpc) is 2.99. The second-order valence-electron chi connectivity index (χ2n) is 5.65. The molecule has 0 saturated heterocycles. The standard InChI is InChI=1S/C17H23FN2O/c1-13(15-6-2-3-7-15)12-20-17(21)19-10-9-14-5-4-8-16(18)11-14/h4-5,8,11-12,15H,2-3,6-7,9-10H2,1H3,(H2,19,20,21)/b13-12+. The number of carbonyl (C=O) groups is 1. The van der Waals surface area contributed by atoms with Crippen LogP contribution < -0.4 is 10.6 Å². The third-order valence-corrected chi connectivity index (χ3v) is 4.02. The Morgan fingerprint density at radius 2 is 2.14 bits per heavy atom. The van der Waals surface area contributed by atoms with Crippen LogP contribution in [0, 0.1) is 11.7 Å². The molecule has 1 aromatic rings. The van der Waals surface area contributed by atoms with Gasteiger partial charge in [-0.05, 0) is 49.8 Å². The van der Waals surface area contributed by atoms with Crippen LogP contribution in [-0.4, -0.2) is 12.6 Å². The lowest BCUT2D eigenvalue weighted by Crippen LogP contribution is -2.33. The highest BCUT2D eigenvalue weighted by Gasteiger charge is 2.16. The van der Waals surface area contributed by atoms with Crippen molar-refractivity contribution in [2.75, 3.05) is 6.54 Å². The molecule has 1 saturated carbocycles. The van der Waals surface area contributed by atoms with Crippen LogP contribution in [-0.2, 0) is 6.42 Å². The molecule has 0 aliphatic heterocycles. The zero-order chi connectivity index (χ0) is 15.1. The smallest absolute Gasteiger partial charge is 0.318 e. The number of allylic oxidation sites excluding steroid dienone is 1. The van der Waals surface area contributed by atoms with Crippen LogP contribution in [0.2, 0.25) is 0 Å². The molecular weight excluding hydrogens is 267 g/mol. The van der Waals surface area contributed by atoms with Gasteiger partial charge in [0.25, 0.3) is 0 Å². The van der Waals surface area contributed by atoms with E-state index < -0.39 is 0 Å². The van der Waals surface area contributed by atoms with Gasteiger partial charge in [0.05, 0.1) is 0 Å². The van der Waals surface area contributed by atoms with Gasteiger partial charge in [0.15, 0.2) is 0 Å². The topological polar surface area (TPSA) is 41.1 Å². The molecule has 0 unspecified atom stereocenters. The minimum absolute atomic E-state index is 0.205. The summed E-state index contributed by atoms with van der Waals surface area (Å²) in [5, 5.41) is 5.55. The number of halogens is 1. The number of amides is 2. The largest absolute Gasteiger partial charge is 0.338 e. The van der Waals surface area contributed by atoms with Crippen LogP contribution in [0.5, 0.6) is 0 Å². The summed E-state index contributed by atoms with van der Waals surface area (Å²) < 4.78 is 13.0. The molecule has 2 rings (SSSR count). The van der Waals surface area contributed by atoms with Crippen LogP contribution >= 0.6 is 0 Å². The van der Waals surface area contributed by atoms with E-state index in [2.05, 4.69) is 17.6 Å². The molecule has 1 aliphatic carbocycles. The highest BCUT2D eigenvalue weighted by molar-refractivity contribution is 5.74. The van der Waals surface area contributed by atoms with Crippen LogP contribution in [0.25, 0.3) is 0 Å². The van der Waals surface area contributed by atoms with Gasteiger partial charge < -0.3 is 10.6 Å². The first-order chi connectivity index (χ1) is 10.1. The second kappa shape index (κ2) is 7.81. The Hall–Kier alpha value is -1.84. The number of benzene rings is 1. The number of hydrogen-bond donors (Lipinski definition) is 2. The normalized spacial score (nSPS) is 16.0. The monoisotopic (exact) mass is 290 g/mol. The van der Waals surface area contributed by atoms with Crippen LogP contribution in [0.4, 0.5) is 9.18 Å². The van der Waals surface area contributed by atoms with E-state index in [9.17, 15) is 9.18 Å². The van der Waals surface area contributed by atoms with E-state index in [-0.39, 0.29) is 11.8 Å². The summed E-state index contributed by atoms with van der Waals surface area (Å²) in [5.41, 5.74) is 2.13. The van der Waals surface area contributed by atoms with Gasteiger partial charge in [-0.15, -0.1) is 0 Å². The molecule has 114 valence electrons. The zero-order valence-electron chi connectivity index (χ0n) is 12.5. The SMILES string of the molecule is C/C(=C\NC(=O)NCCc1cccc(F)c1)C1CCCC1. The fraction of sp³-hybridized carbons (Fsp3) is 0.471. The molecule has 1 aliphatic rings. The van der Waals surface area contributed by atoms with Crippen molar-refractivity contribution in [1.82, 2.24) is 10.6 Å². The summed E-state index contributed by atoms with van der Waals surface area (Å²) >= 11 is 0. The summed E-state index contributed by atoms with van der Waals surface area (Å²) in [7, 11) is 0. The lowest BCUT2D eigenvalue weighted by molar-refractivity contribution is 0.244. The van der Waals surface area contributed by atoms with E-state index in [0.717, 1.165) is 5.56 Å². The Kier molecular flexibility index (Phi) is 5.78. The first-order valence-electron chi connectivity index (χ1n) is 7.60. The van der Waals surface area contributed by atoms with Gasteiger partial charge in [-0.1, -0.05) is 30.5 Å². The molecule has 1 aromatic carbocycles. The second-order valence-corrected chi connectivity index (χ2v) is 5.65. The first kappa shape index (κ1) is 15.5. The van der Waals surface area contributed by atoms with Crippen molar-refractivity contribution in [2.45, 2.75) is 39.0 Å². The number of rotatable bonds is 5. The molecule has 2 amide bonds. The van der Waals surface area contributed by atoms with E-state index in [0.29, 0.717) is 18.9 Å². The van der Waals surface area contributed by atoms with Crippen LogP contribution in [0.15, 0.2) is 36.0 Å². The van der Waals surface area contributed by atoms with E-state index >= 15 is 0 Å².